The van der Waals surface area contributed by atoms with E-state index in [1.807, 2.05) is 7.05 Å². The molecule has 0 aliphatic carbocycles. The number of hydrogen-bond donors (Lipinski definition) is 0. The van der Waals surface area contributed by atoms with E-state index < -0.39 is 0 Å². The summed E-state index contributed by atoms with van der Waals surface area (Å²) >= 11 is 0. The van der Waals surface area contributed by atoms with Crippen LogP contribution in [0, 0.1) is 5.82 Å². The quantitative estimate of drug-likeness (QED) is 0.753. The van der Waals surface area contributed by atoms with Crippen LogP contribution in [0.3, 0.4) is 0 Å². The van der Waals surface area contributed by atoms with Crippen molar-refractivity contribution in [2.75, 3.05) is 38.1 Å². The van der Waals surface area contributed by atoms with E-state index in [9.17, 15) is 14.0 Å². The Morgan fingerprint density at radius 3 is 2.29 bits per heavy atom. The molecular weight excluding hydrogens is 273 g/mol. The van der Waals surface area contributed by atoms with Gasteiger partial charge < -0.3 is 4.90 Å². The minimum absolute atomic E-state index is 0.198. The first-order valence-corrected chi connectivity index (χ1v) is 7.11. The summed E-state index contributed by atoms with van der Waals surface area (Å²) in [6, 6.07) is 5.09. The van der Waals surface area contributed by atoms with E-state index in [2.05, 4.69) is 9.80 Å². The summed E-state index contributed by atoms with van der Waals surface area (Å²) in [6.07, 6.45) is 0.208. The lowest BCUT2D eigenvalue weighted by Gasteiger charge is -2.35. The lowest BCUT2D eigenvalue weighted by molar-refractivity contribution is -0.123. The average Bonchev–Trinajstić information content (AvgIpc) is 2.76. The van der Waals surface area contributed by atoms with Crippen molar-refractivity contribution in [3.8, 4) is 0 Å². The van der Waals surface area contributed by atoms with Crippen LogP contribution in [0.1, 0.15) is 6.42 Å². The summed E-state index contributed by atoms with van der Waals surface area (Å²) in [6.45, 7) is 3.37. The van der Waals surface area contributed by atoms with Gasteiger partial charge >= 0.3 is 0 Å². The van der Waals surface area contributed by atoms with Crippen molar-refractivity contribution in [3.63, 3.8) is 0 Å². The molecule has 0 N–H and O–H groups in total. The number of nitrogens with zero attached hydrogens (tertiary/aromatic N) is 3. The smallest absolute Gasteiger partial charge is 0.251 e. The molecule has 1 atom stereocenters. The van der Waals surface area contributed by atoms with Crippen molar-refractivity contribution in [1.82, 2.24) is 9.80 Å². The van der Waals surface area contributed by atoms with Crippen LogP contribution in [0.5, 0.6) is 0 Å². The monoisotopic (exact) mass is 291 g/mol. The summed E-state index contributed by atoms with van der Waals surface area (Å²) in [5.41, 5.74) is 0.447. The maximum atomic E-state index is 13.0. The molecule has 0 bridgehead atoms. The number of amides is 2. The number of imide groups is 1. The molecule has 2 amide bonds. The van der Waals surface area contributed by atoms with Gasteiger partial charge in [0.15, 0.2) is 0 Å². The summed E-state index contributed by atoms with van der Waals surface area (Å²) in [4.78, 5) is 30.2. The van der Waals surface area contributed by atoms with Gasteiger partial charge in [0.05, 0.1) is 18.2 Å². The Labute approximate surface area is 122 Å². The summed E-state index contributed by atoms with van der Waals surface area (Å²) in [7, 11) is 2.05. The second kappa shape index (κ2) is 5.54. The molecule has 1 aromatic rings. The van der Waals surface area contributed by atoms with Gasteiger partial charge in [-0.25, -0.2) is 9.29 Å². The summed E-state index contributed by atoms with van der Waals surface area (Å²) in [5.74, 6) is -0.792. The number of benzene rings is 1. The van der Waals surface area contributed by atoms with Crippen LogP contribution in [0.4, 0.5) is 10.1 Å². The summed E-state index contributed by atoms with van der Waals surface area (Å²) < 4.78 is 13.0. The molecule has 2 fully saturated rings. The Morgan fingerprint density at radius 1 is 1.05 bits per heavy atom. The lowest BCUT2D eigenvalue weighted by atomic mass is 10.2. The number of hydrogen-bond acceptors (Lipinski definition) is 4. The van der Waals surface area contributed by atoms with Gasteiger partial charge in [0.25, 0.3) is 5.91 Å². The SMILES string of the molecule is CN1CCN(C2CC(=O)N(c3ccc(F)cc3)C2=O)CC1. The topological polar surface area (TPSA) is 43.9 Å². The first-order chi connectivity index (χ1) is 10.1. The Hall–Kier alpha value is -1.79. The molecule has 0 saturated carbocycles. The van der Waals surface area contributed by atoms with Crippen LogP contribution in [-0.2, 0) is 9.59 Å². The predicted molar refractivity (Wildman–Crippen MR) is 76.4 cm³/mol. The second-order valence-electron chi connectivity index (χ2n) is 5.60. The van der Waals surface area contributed by atoms with Crippen LogP contribution in [-0.4, -0.2) is 60.9 Å². The highest BCUT2D eigenvalue weighted by Crippen LogP contribution is 2.26. The molecule has 5 nitrogen and oxygen atoms in total. The van der Waals surface area contributed by atoms with Crippen LogP contribution in [0.2, 0.25) is 0 Å². The summed E-state index contributed by atoms with van der Waals surface area (Å²) in [5, 5.41) is 0. The minimum Gasteiger partial charge on any atom is -0.304 e. The van der Waals surface area contributed by atoms with E-state index in [-0.39, 0.29) is 30.1 Å². The molecule has 0 radical (unpaired) electrons. The van der Waals surface area contributed by atoms with E-state index in [0.29, 0.717) is 5.69 Å². The minimum atomic E-state index is -0.381. The molecule has 1 unspecified atom stereocenters. The largest absolute Gasteiger partial charge is 0.304 e. The number of rotatable bonds is 2. The highest BCUT2D eigenvalue weighted by atomic mass is 19.1. The molecule has 0 spiro atoms. The highest BCUT2D eigenvalue weighted by Gasteiger charge is 2.43. The molecule has 1 aromatic carbocycles. The van der Waals surface area contributed by atoms with Gasteiger partial charge in [-0.3, -0.25) is 14.5 Å². The first-order valence-electron chi connectivity index (χ1n) is 7.11. The zero-order valence-corrected chi connectivity index (χ0v) is 12.0. The van der Waals surface area contributed by atoms with Crippen molar-refractivity contribution in [2.24, 2.45) is 0 Å². The maximum absolute atomic E-state index is 13.0. The fraction of sp³-hybridized carbons (Fsp3) is 0.467. The van der Waals surface area contributed by atoms with E-state index in [1.54, 1.807) is 0 Å². The third kappa shape index (κ3) is 2.69. The maximum Gasteiger partial charge on any atom is 0.251 e. The number of piperazine rings is 1. The number of carbonyl (C=O) groups is 2. The Bertz CT molecular complexity index is 553. The lowest BCUT2D eigenvalue weighted by Crippen LogP contribution is -2.51. The molecular formula is C15H18FN3O2. The molecule has 0 aromatic heterocycles. The average molecular weight is 291 g/mol. The zero-order valence-electron chi connectivity index (χ0n) is 12.0. The van der Waals surface area contributed by atoms with Gasteiger partial charge in [-0.15, -0.1) is 0 Å². The normalized spacial score (nSPS) is 24.9. The van der Waals surface area contributed by atoms with Crippen LogP contribution in [0.25, 0.3) is 0 Å². The molecule has 2 heterocycles. The number of carbonyl (C=O) groups excluding carboxylic acids is 2. The third-order valence-corrected chi connectivity index (χ3v) is 4.19. The Kier molecular flexibility index (Phi) is 3.73. The van der Waals surface area contributed by atoms with Crippen molar-refractivity contribution in [3.05, 3.63) is 30.1 Å². The molecule has 2 aliphatic rings. The molecule has 2 aliphatic heterocycles. The van der Waals surface area contributed by atoms with Gasteiger partial charge in [-0.1, -0.05) is 0 Å². The fourth-order valence-corrected chi connectivity index (χ4v) is 2.90. The molecule has 6 heteroatoms. The molecule has 21 heavy (non-hydrogen) atoms. The van der Waals surface area contributed by atoms with Gasteiger partial charge in [0, 0.05) is 26.2 Å². The van der Waals surface area contributed by atoms with E-state index in [1.165, 1.54) is 29.2 Å². The van der Waals surface area contributed by atoms with Crippen LogP contribution < -0.4 is 4.90 Å². The van der Waals surface area contributed by atoms with Crippen molar-refractivity contribution >= 4 is 17.5 Å². The number of likely N-dealkylation sites (N-methyl/N-ethyl adjacent to an activating group) is 1. The van der Waals surface area contributed by atoms with Gasteiger partial charge in [0.2, 0.25) is 5.91 Å². The van der Waals surface area contributed by atoms with E-state index in [0.717, 1.165) is 26.2 Å². The third-order valence-electron chi connectivity index (χ3n) is 4.19. The molecule has 3 rings (SSSR count). The van der Waals surface area contributed by atoms with Gasteiger partial charge in [-0.2, -0.15) is 0 Å². The standard InChI is InChI=1S/C15H18FN3O2/c1-17-6-8-18(9-7-17)13-10-14(20)19(15(13)21)12-4-2-11(16)3-5-12/h2-5,13H,6-10H2,1H3. The zero-order chi connectivity index (χ0) is 15.0. The fourth-order valence-electron chi connectivity index (χ4n) is 2.90. The Morgan fingerprint density at radius 2 is 1.67 bits per heavy atom. The molecule has 112 valence electrons. The van der Waals surface area contributed by atoms with Crippen LogP contribution in [0.15, 0.2) is 24.3 Å². The van der Waals surface area contributed by atoms with Crippen molar-refractivity contribution in [2.45, 2.75) is 12.5 Å². The van der Waals surface area contributed by atoms with Gasteiger partial charge in [-0.05, 0) is 31.3 Å². The van der Waals surface area contributed by atoms with Gasteiger partial charge in [0.1, 0.15) is 5.82 Å². The number of halogens is 1. The van der Waals surface area contributed by atoms with Crippen molar-refractivity contribution in [1.29, 1.82) is 0 Å². The van der Waals surface area contributed by atoms with Crippen LogP contribution >= 0.6 is 0 Å². The Balaban J connectivity index is 1.77. The first kappa shape index (κ1) is 14.2. The predicted octanol–water partition coefficient (Wildman–Crippen LogP) is 0.705. The van der Waals surface area contributed by atoms with E-state index in [4.69, 9.17) is 0 Å². The molecule has 2 saturated heterocycles. The van der Waals surface area contributed by atoms with Crippen molar-refractivity contribution < 1.29 is 14.0 Å². The van der Waals surface area contributed by atoms with E-state index >= 15 is 0 Å². The second-order valence-corrected chi connectivity index (χ2v) is 5.60. The number of anilines is 1. The highest BCUT2D eigenvalue weighted by molar-refractivity contribution is 6.22.